The van der Waals surface area contributed by atoms with Crippen molar-refractivity contribution in [2.45, 2.75) is 99.3 Å². The molecule has 0 radical (unpaired) electrons. The minimum absolute atomic E-state index is 0. The van der Waals surface area contributed by atoms with Crippen molar-refractivity contribution in [3.05, 3.63) is 130 Å². The van der Waals surface area contributed by atoms with Crippen LogP contribution in [0.5, 0.6) is 0 Å². The van der Waals surface area contributed by atoms with Gasteiger partial charge in [-0.05, 0) is 89.5 Å². The van der Waals surface area contributed by atoms with Gasteiger partial charge >= 0.3 is 35.6 Å². The molecule has 0 saturated heterocycles. The van der Waals surface area contributed by atoms with E-state index in [1.807, 2.05) is 6.08 Å². The molecule has 2 nitrogen and oxygen atoms in total. The molecule has 1 saturated carbocycles. The zero-order valence-corrected chi connectivity index (χ0v) is 41.9. The summed E-state index contributed by atoms with van der Waals surface area (Å²) in [5.41, 5.74) is 8.19. The van der Waals surface area contributed by atoms with Gasteiger partial charge in [0.05, 0.1) is 15.2 Å². The number of halogens is 4. The molecule has 6 rings (SSSR count). The van der Waals surface area contributed by atoms with Crippen molar-refractivity contribution in [2.24, 2.45) is 17.8 Å². The summed E-state index contributed by atoms with van der Waals surface area (Å²) in [7, 11) is 2.64. The van der Waals surface area contributed by atoms with Gasteiger partial charge in [-0.25, -0.2) is 8.78 Å². The molecule has 294 valence electrons. The van der Waals surface area contributed by atoms with Crippen LogP contribution in [0, 0.1) is 44.8 Å². The Kier molecular flexibility index (Phi) is 16.4. The molecule has 1 N–H and O–H groups in total. The van der Waals surface area contributed by atoms with Gasteiger partial charge in [-0.15, -0.1) is 5.69 Å². The number of allylic oxidation sites excluding steroid dienone is 5. The first kappa shape index (κ1) is 46.9. The molecule has 3 aliphatic rings. The molecular weight excluding hydrogens is 814 g/mol. The van der Waals surface area contributed by atoms with Crippen molar-refractivity contribution < 1.29 is 25.8 Å². The van der Waals surface area contributed by atoms with E-state index in [0.29, 0.717) is 11.8 Å². The van der Waals surface area contributed by atoms with Gasteiger partial charge < -0.3 is 17.4 Å². The summed E-state index contributed by atoms with van der Waals surface area (Å²) in [6.45, 7) is 28.1. The van der Waals surface area contributed by atoms with Crippen LogP contribution in [0.25, 0.3) is 11.1 Å². The molecule has 0 amide bonds. The van der Waals surface area contributed by atoms with E-state index in [2.05, 4.69) is 146 Å². The van der Waals surface area contributed by atoms with Gasteiger partial charge in [-0.2, -0.15) is 0 Å². The van der Waals surface area contributed by atoms with E-state index in [-0.39, 0.29) is 25.0 Å². The fourth-order valence-electron chi connectivity index (χ4n) is 8.10. The molecular formula is C43H62Cl2F2N2Si4Ti-2. The number of aryl methyl sites for hydroxylation is 2. The van der Waals surface area contributed by atoms with Gasteiger partial charge in [0.2, 0.25) is 0 Å². The number of benzene rings is 3. The summed E-state index contributed by atoms with van der Waals surface area (Å²) < 4.78 is 28.7. The number of hydrogen-bond donors (Lipinski definition) is 1. The van der Waals surface area contributed by atoms with Crippen LogP contribution in [-0.4, -0.2) is 30.7 Å². The maximum absolute atomic E-state index is 14.4. The molecule has 3 aromatic rings. The first-order valence-electron chi connectivity index (χ1n) is 18.8. The number of anilines is 1. The number of nitrogens with zero attached hydrogens (tertiary/aromatic N) is 1. The molecule has 54 heavy (non-hydrogen) atoms. The van der Waals surface area contributed by atoms with Crippen molar-refractivity contribution in [2.75, 3.05) is 4.98 Å². The van der Waals surface area contributed by atoms with E-state index in [4.69, 9.17) is 23.6 Å². The average molecular weight is 876 g/mol. The molecule has 1 fully saturated rings. The van der Waals surface area contributed by atoms with Crippen LogP contribution in [0.15, 0.2) is 89.4 Å². The van der Waals surface area contributed by atoms with Gasteiger partial charge in [0, 0.05) is 17.2 Å². The van der Waals surface area contributed by atoms with E-state index < -0.39 is 47.7 Å². The van der Waals surface area contributed by atoms with Crippen molar-refractivity contribution in [3.63, 3.8) is 0 Å². The van der Waals surface area contributed by atoms with Crippen LogP contribution < -0.4 is 10.2 Å². The zero-order valence-electron chi connectivity index (χ0n) is 34.8. The van der Waals surface area contributed by atoms with Crippen molar-refractivity contribution >= 4 is 71.9 Å². The third-order valence-electron chi connectivity index (χ3n) is 12.6. The van der Waals surface area contributed by atoms with Crippen molar-refractivity contribution in [3.8, 4) is 0 Å². The van der Waals surface area contributed by atoms with Gasteiger partial charge in [0.25, 0.3) is 0 Å². The molecule has 0 aliphatic heterocycles. The van der Waals surface area contributed by atoms with E-state index in [0.717, 1.165) is 30.5 Å². The molecule has 3 aliphatic carbocycles. The van der Waals surface area contributed by atoms with Crippen LogP contribution in [0.4, 0.5) is 20.2 Å². The van der Waals surface area contributed by atoms with Crippen molar-refractivity contribution in [1.82, 2.24) is 0 Å². The number of nitrogens with one attached hydrogen (secondary N) is 1. The fourth-order valence-corrected chi connectivity index (χ4v) is 23.2. The molecule has 3 atom stereocenters. The molecule has 0 heterocycles. The summed E-state index contributed by atoms with van der Waals surface area (Å²) in [5, 5.41) is 2.99. The summed E-state index contributed by atoms with van der Waals surface area (Å²) in [6.07, 6.45) is 8.98. The summed E-state index contributed by atoms with van der Waals surface area (Å²) in [5.74, 6) is 1.20. The number of fused-ring (bicyclic) bond motifs is 2. The molecule has 11 heteroatoms. The topological polar surface area (TPSA) is 26.1 Å². The molecule has 3 aromatic carbocycles. The summed E-state index contributed by atoms with van der Waals surface area (Å²) >= 11 is -0.556. The molecule has 0 spiro atoms. The van der Waals surface area contributed by atoms with Crippen LogP contribution >= 0.6 is 18.6 Å². The van der Waals surface area contributed by atoms with Crippen LogP contribution in [-0.2, 0) is 23.5 Å². The Morgan fingerprint density at radius 2 is 1.28 bits per heavy atom. The second-order valence-electron chi connectivity index (χ2n) is 17.6. The molecule has 0 aromatic heterocycles. The average Bonchev–Trinajstić information content (AvgIpc) is 3.66. The second-order valence-corrected chi connectivity index (χ2v) is 49.5. The normalized spacial score (nSPS) is 19.3. The Labute approximate surface area is 347 Å². The van der Waals surface area contributed by atoms with Crippen LogP contribution in [0.3, 0.4) is 0 Å². The Bertz CT molecular complexity index is 1840. The van der Waals surface area contributed by atoms with Crippen LogP contribution in [0.2, 0.25) is 52.4 Å². The molecule has 0 bridgehead atoms. The Morgan fingerprint density at radius 3 is 1.85 bits per heavy atom. The van der Waals surface area contributed by atoms with E-state index in [1.54, 1.807) is 17.3 Å². The standard InChI is InChI=1S/C21H31FNSi2.C21H28FNSi2.CH3.2ClH.Ti/c2*1-15-7-9-17(10-8-15)23-25(5,6)24(3,4)21-12-11-20(22)18-13-16(2)14-19(18)21;;;;/h7-12,16,18-19H,13-14H2,1-6H3;7-13,23H,14H2,1-6H3;1H3;2*1H;/q-1;;-1;;;+2/p-2. The monoisotopic (exact) mass is 874 g/mol. The van der Waals surface area contributed by atoms with Gasteiger partial charge in [0.15, 0.2) is 0 Å². The van der Waals surface area contributed by atoms with Crippen molar-refractivity contribution in [1.29, 1.82) is 0 Å². The quantitative estimate of drug-likeness (QED) is 0.177. The van der Waals surface area contributed by atoms with E-state index in [1.165, 1.54) is 33.1 Å². The fraction of sp³-hybridized carbons (Fsp3) is 0.419. The first-order valence-corrected chi connectivity index (χ1v) is 37.1. The third kappa shape index (κ3) is 10.5. The Morgan fingerprint density at radius 1 is 0.741 bits per heavy atom. The SMILES string of the molecule is CC1=Cc2c(F)ccc([Si](C)(C)[Si](C)(C)Nc3ccc(C)cc3)c2C1.Cc1ccc([N-][Si](C)(C)[Si](C)(C)C2=CC=C(F)C3CC(C)CC23)cc1.[CH3-].[Cl][Ti][Cl]. The number of rotatable bonds is 8. The summed E-state index contributed by atoms with van der Waals surface area (Å²) in [4.78, 5) is 9.17. The Balaban J connectivity index is 0.000000266. The zero-order chi connectivity index (χ0) is 39.5. The van der Waals surface area contributed by atoms with E-state index >= 15 is 0 Å². The van der Waals surface area contributed by atoms with Gasteiger partial charge in [-0.3, -0.25) is 0 Å². The third-order valence-corrected chi connectivity index (χ3v) is 45.2. The Hall–Kier alpha value is -1.50. The predicted octanol–water partition coefficient (Wildman–Crippen LogP) is 14.2. The van der Waals surface area contributed by atoms with Crippen LogP contribution in [0.1, 0.15) is 48.9 Å². The number of hydrogen-bond acceptors (Lipinski definition) is 1. The second kappa shape index (κ2) is 18.8. The first-order chi connectivity index (χ1) is 24.6. The minimum atomic E-state index is -1.84. The predicted molar refractivity (Wildman–Crippen MR) is 243 cm³/mol. The van der Waals surface area contributed by atoms with Gasteiger partial charge in [0.1, 0.15) is 19.4 Å². The summed E-state index contributed by atoms with van der Waals surface area (Å²) in [6, 6.07) is 21.0. The molecule has 3 unspecified atom stereocenters. The van der Waals surface area contributed by atoms with E-state index in [9.17, 15) is 8.78 Å². The van der Waals surface area contributed by atoms with Gasteiger partial charge in [-0.1, -0.05) is 141 Å². The maximum atomic E-state index is 14.4.